The van der Waals surface area contributed by atoms with Crippen LogP contribution in [0, 0.1) is 52.2 Å². The number of allylic oxidation sites excluding steroid dienone is 2. The minimum absolute atomic E-state index is 0.0904. The maximum Gasteiger partial charge on any atom is 0.159 e. The zero-order chi connectivity index (χ0) is 22.6. The second-order valence-electron chi connectivity index (χ2n) is 9.78. The van der Waals surface area contributed by atoms with Gasteiger partial charge in [0.15, 0.2) is 5.78 Å². The van der Waals surface area contributed by atoms with Gasteiger partial charge >= 0.3 is 0 Å². The maximum atomic E-state index is 13.0. The second-order valence-corrected chi connectivity index (χ2v) is 9.96. The van der Waals surface area contributed by atoms with Gasteiger partial charge in [0.05, 0.1) is 0 Å². The topological polar surface area (TPSA) is 84.7 Å². The van der Waals surface area contributed by atoms with Gasteiger partial charge in [0.25, 0.3) is 0 Å². The number of hydrazone groups is 1. The van der Waals surface area contributed by atoms with Crippen molar-refractivity contribution in [2.24, 2.45) is 57.6 Å². The molecular formula is C25H39ClN4O. The van der Waals surface area contributed by atoms with E-state index in [1.165, 1.54) is 30.8 Å². The zero-order valence-electron chi connectivity index (χ0n) is 19.3. The summed E-state index contributed by atoms with van der Waals surface area (Å²) in [6.45, 7) is 6.51. The third kappa shape index (κ3) is 4.66. The molecule has 172 valence electrons. The van der Waals surface area contributed by atoms with Crippen molar-refractivity contribution in [3.05, 3.63) is 11.6 Å². The van der Waals surface area contributed by atoms with Crippen molar-refractivity contribution in [3.8, 4) is 11.3 Å². The Labute approximate surface area is 193 Å². The highest BCUT2D eigenvalue weighted by molar-refractivity contribution is 6.30. The van der Waals surface area contributed by atoms with Crippen molar-refractivity contribution in [1.82, 2.24) is 5.12 Å². The Morgan fingerprint density at radius 2 is 2.06 bits per heavy atom. The Kier molecular flexibility index (Phi) is 8.10. The molecule has 0 heterocycles. The predicted octanol–water partition coefficient (Wildman–Crippen LogP) is 4.66. The molecule has 6 heteroatoms. The SMILES string of the molecule is CC.CC12CCC3C4CCC(C#CCl)CC4=CCC3C1CCC2C(=O)CN(N)/N=C\N. The van der Waals surface area contributed by atoms with Crippen molar-refractivity contribution in [1.29, 1.82) is 0 Å². The summed E-state index contributed by atoms with van der Waals surface area (Å²) in [5.74, 6) is 12.6. The number of ketones is 1. The van der Waals surface area contributed by atoms with Crippen molar-refractivity contribution in [2.75, 3.05) is 6.54 Å². The van der Waals surface area contributed by atoms with Crippen LogP contribution in [0.4, 0.5) is 0 Å². The molecule has 0 aliphatic heterocycles. The number of hydrogen-bond acceptors (Lipinski definition) is 4. The molecule has 0 aromatic rings. The molecule has 0 aromatic carbocycles. The highest BCUT2D eigenvalue weighted by Crippen LogP contribution is 2.63. The van der Waals surface area contributed by atoms with Gasteiger partial charge in [0.1, 0.15) is 12.9 Å². The van der Waals surface area contributed by atoms with E-state index in [0.717, 1.165) is 43.9 Å². The van der Waals surface area contributed by atoms with Crippen LogP contribution in [0.2, 0.25) is 0 Å². The lowest BCUT2D eigenvalue weighted by Gasteiger charge is -2.53. The minimum Gasteiger partial charge on any atom is -0.388 e. The molecule has 0 spiro atoms. The summed E-state index contributed by atoms with van der Waals surface area (Å²) in [4.78, 5) is 13.0. The molecule has 4 N–H and O–H groups in total. The van der Waals surface area contributed by atoms with Crippen LogP contribution in [0.1, 0.15) is 72.1 Å². The summed E-state index contributed by atoms with van der Waals surface area (Å²) in [7, 11) is 0. The highest BCUT2D eigenvalue weighted by Gasteiger charge is 2.57. The van der Waals surface area contributed by atoms with Crippen LogP contribution in [0.15, 0.2) is 16.8 Å². The Hall–Kier alpha value is -1.51. The first kappa shape index (κ1) is 24.1. The van der Waals surface area contributed by atoms with Crippen LogP contribution in [-0.2, 0) is 4.79 Å². The average Bonchev–Trinajstić information content (AvgIpc) is 3.12. The van der Waals surface area contributed by atoms with E-state index >= 15 is 0 Å². The largest absolute Gasteiger partial charge is 0.388 e. The molecule has 0 saturated heterocycles. The van der Waals surface area contributed by atoms with E-state index in [0.29, 0.717) is 17.8 Å². The first-order valence-electron chi connectivity index (χ1n) is 12.1. The van der Waals surface area contributed by atoms with Gasteiger partial charge in [0.2, 0.25) is 0 Å². The molecule has 4 rings (SSSR count). The van der Waals surface area contributed by atoms with E-state index in [-0.39, 0.29) is 23.7 Å². The van der Waals surface area contributed by atoms with E-state index in [1.54, 1.807) is 5.57 Å². The lowest BCUT2D eigenvalue weighted by atomic mass is 9.51. The molecule has 3 fully saturated rings. The van der Waals surface area contributed by atoms with Gasteiger partial charge < -0.3 is 5.73 Å². The summed E-state index contributed by atoms with van der Waals surface area (Å²) < 4.78 is 0. The molecule has 0 radical (unpaired) electrons. The van der Waals surface area contributed by atoms with Crippen LogP contribution in [0.5, 0.6) is 0 Å². The van der Waals surface area contributed by atoms with Gasteiger partial charge in [0, 0.05) is 17.2 Å². The van der Waals surface area contributed by atoms with Crippen LogP contribution in [0.25, 0.3) is 0 Å². The molecule has 4 aliphatic rings. The number of carbonyl (C=O) groups excluding carboxylic acids is 1. The predicted molar refractivity (Wildman–Crippen MR) is 128 cm³/mol. The summed E-state index contributed by atoms with van der Waals surface area (Å²) in [5, 5.41) is 7.58. The van der Waals surface area contributed by atoms with Crippen molar-refractivity contribution >= 4 is 23.7 Å². The smallest absolute Gasteiger partial charge is 0.159 e. The lowest BCUT2D eigenvalue weighted by molar-refractivity contribution is -0.130. The number of Topliss-reactive ketones (excluding diaryl/α,β-unsaturated/α-hetero) is 1. The summed E-state index contributed by atoms with van der Waals surface area (Å²) in [6.07, 6.45) is 12.9. The molecule has 31 heavy (non-hydrogen) atoms. The van der Waals surface area contributed by atoms with E-state index in [1.807, 2.05) is 13.8 Å². The zero-order valence-corrected chi connectivity index (χ0v) is 20.1. The Morgan fingerprint density at radius 3 is 2.77 bits per heavy atom. The van der Waals surface area contributed by atoms with Crippen molar-refractivity contribution in [3.63, 3.8) is 0 Å². The molecule has 3 saturated carbocycles. The molecule has 0 aromatic heterocycles. The number of fused-ring (bicyclic) bond motifs is 5. The van der Waals surface area contributed by atoms with E-state index < -0.39 is 0 Å². The fourth-order valence-corrected chi connectivity index (χ4v) is 7.55. The monoisotopic (exact) mass is 446 g/mol. The number of hydrazine groups is 1. The number of hydrogen-bond donors (Lipinski definition) is 2. The number of nitrogens with zero attached hydrogens (tertiary/aromatic N) is 2. The van der Waals surface area contributed by atoms with Gasteiger partial charge in [-0.05, 0) is 92.1 Å². The normalized spacial score (nSPS) is 38.4. The summed E-state index contributed by atoms with van der Waals surface area (Å²) in [6, 6.07) is 0. The number of rotatable bonds is 4. The lowest BCUT2D eigenvalue weighted by Crippen LogP contribution is -2.48. The first-order valence-corrected chi connectivity index (χ1v) is 12.4. The maximum absolute atomic E-state index is 13.0. The second kappa shape index (κ2) is 10.4. The van der Waals surface area contributed by atoms with E-state index in [4.69, 9.17) is 23.2 Å². The van der Waals surface area contributed by atoms with Gasteiger partial charge in [-0.1, -0.05) is 38.3 Å². The number of carbonyl (C=O) groups is 1. The third-order valence-electron chi connectivity index (χ3n) is 8.63. The first-order chi connectivity index (χ1) is 15.0. The molecular weight excluding hydrogens is 408 g/mol. The van der Waals surface area contributed by atoms with Gasteiger partial charge in [-0.15, -0.1) is 0 Å². The number of nitrogens with two attached hydrogens (primary N) is 2. The van der Waals surface area contributed by atoms with Gasteiger partial charge in [-0.3, -0.25) is 4.79 Å². The summed E-state index contributed by atoms with van der Waals surface area (Å²) >= 11 is 5.65. The van der Waals surface area contributed by atoms with E-state index in [2.05, 4.69) is 29.4 Å². The van der Waals surface area contributed by atoms with Crippen LogP contribution in [0.3, 0.4) is 0 Å². The van der Waals surface area contributed by atoms with Gasteiger partial charge in [-0.25, -0.2) is 11.0 Å². The van der Waals surface area contributed by atoms with Crippen molar-refractivity contribution < 1.29 is 4.79 Å². The Balaban J connectivity index is 0.00000132. The van der Waals surface area contributed by atoms with Crippen molar-refractivity contribution in [2.45, 2.75) is 72.1 Å². The van der Waals surface area contributed by atoms with Crippen LogP contribution >= 0.6 is 11.6 Å². The fraction of sp³-hybridized carbons (Fsp3) is 0.760. The standard InChI is InChI=1S/C23H33ClN4O.C2H6/c1-23-10-8-18-17-4-2-15(9-11-24)12-16(17)3-5-19(18)20(23)6-7-21(23)22(29)13-28(26)27-14-25;1-2/h3,14-15,17-21H,2,4-8,10,12-13,26H2,1H3,(H2,25,27);1-2H3. The van der Waals surface area contributed by atoms with E-state index in [9.17, 15) is 4.79 Å². The fourth-order valence-electron chi connectivity index (χ4n) is 7.40. The Bertz CT molecular complexity index is 769. The minimum atomic E-state index is 0.0904. The molecule has 7 atom stereocenters. The third-order valence-corrected chi connectivity index (χ3v) is 8.74. The average molecular weight is 447 g/mol. The summed E-state index contributed by atoms with van der Waals surface area (Å²) in [5.41, 5.74) is 7.03. The molecule has 0 bridgehead atoms. The Morgan fingerprint density at radius 1 is 1.29 bits per heavy atom. The van der Waals surface area contributed by atoms with Crippen LogP contribution < -0.4 is 11.6 Å². The molecule has 4 aliphatic carbocycles. The quantitative estimate of drug-likeness (QED) is 0.164. The molecule has 0 amide bonds. The van der Waals surface area contributed by atoms with Crippen LogP contribution in [-0.4, -0.2) is 23.8 Å². The number of halogens is 1. The highest BCUT2D eigenvalue weighted by atomic mass is 35.5. The molecule has 7 unspecified atom stereocenters. The van der Waals surface area contributed by atoms with Gasteiger partial charge in [-0.2, -0.15) is 5.10 Å². The molecule has 5 nitrogen and oxygen atoms in total.